The van der Waals surface area contributed by atoms with Crippen LogP contribution in [0.25, 0.3) is 0 Å². The van der Waals surface area contributed by atoms with Crippen molar-refractivity contribution in [3.63, 3.8) is 0 Å². The minimum atomic E-state index is -1.01. The lowest BCUT2D eigenvalue weighted by Gasteiger charge is -2.25. The van der Waals surface area contributed by atoms with Crippen LogP contribution in [-0.4, -0.2) is 65.5 Å². The van der Waals surface area contributed by atoms with Gasteiger partial charge in [-0.05, 0) is 56.8 Å². The zero-order valence-corrected chi connectivity index (χ0v) is 17.5. The highest BCUT2D eigenvalue weighted by Crippen LogP contribution is 2.35. The van der Waals surface area contributed by atoms with Crippen molar-refractivity contribution in [2.24, 2.45) is 11.7 Å². The quantitative estimate of drug-likeness (QED) is 0.365. The summed E-state index contributed by atoms with van der Waals surface area (Å²) in [7, 11) is 2.08. The van der Waals surface area contributed by atoms with E-state index in [-0.39, 0.29) is 30.7 Å². The van der Waals surface area contributed by atoms with Crippen molar-refractivity contribution in [2.75, 3.05) is 26.7 Å². The molecule has 9 nitrogen and oxygen atoms in total. The van der Waals surface area contributed by atoms with E-state index in [9.17, 15) is 14.4 Å². The van der Waals surface area contributed by atoms with Gasteiger partial charge in [-0.15, -0.1) is 0 Å². The number of likely N-dealkylation sites (tertiary alicyclic amines) is 1. The summed E-state index contributed by atoms with van der Waals surface area (Å²) in [4.78, 5) is 41.1. The molecule has 1 fully saturated rings. The lowest BCUT2D eigenvalue weighted by molar-refractivity contribution is -0.138. The van der Waals surface area contributed by atoms with Crippen molar-refractivity contribution >= 4 is 17.8 Å². The smallest absolute Gasteiger partial charge is 0.320 e. The van der Waals surface area contributed by atoms with Crippen LogP contribution in [0.4, 0.5) is 0 Å². The molecule has 30 heavy (non-hydrogen) atoms. The van der Waals surface area contributed by atoms with Crippen LogP contribution in [0.15, 0.2) is 24.5 Å². The third-order valence-electron chi connectivity index (χ3n) is 5.52. The highest BCUT2D eigenvalue weighted by atomic mass is 16.4. The first-order valence-corrected chi connectivity index (χ1v) is 10.5. The molecule has 1 aromatic heterocycles. The molecule has 5 N–H and O–H groups in total. The van der Waals surface area contributed by atoms with Crippen molar-refractivity contribution in [3.05, 3.63) is 30.1 Å². The topological polar surface area (TPSA) is 138 Å². The number of rotatable bonds is 12. The molecule has 0 radical (unpaired) electrons. The number of carbonyl (C=O) groups excluding carboxylic acids is 2. The summed E-state index contributed by atoms with van der Waals surface area (Å²) < 4.78 is 0. The Balaban J connectivity index is 1.61. The summed E-state index contributed by atoms with van der Waals surface area (Å²) in [5.41, 5.74) is 6.58. The molecule has 0 aliphatic carbocycles. The van der Waals surface area contributed by atoms with Crippen molar-refractivity contribution in [3.8, 4) is 0 Å². The van der Waals surface area contributed by atoms with E-state index < -0.39 is 12.0 Å². The Bertz CT molecular complexity index is 700. The van der Waals surface area contributed by atoms with E-state index in [1.54, 1.807) is 6.20 Å². The first kappa shape index (κ1) is 23.8. The monoisotopic (exact) mass is 419 g/mol. The molecule has 0 spiro atoms. The molecule has 2 rings (SSSR count). The largest absolute Gasteiger partial charge is 0.480 e. The average molecular weight is 420 g/mol. The maximum atomic E-state index is 12.2. The summed E-state index contributed by atoms with van der Waals surface area (Å²) in [6, 6.07) is 3.36. The van der Waals surface area contributed by atoms with Gasteiger partial charge < -0.3 is 21.5 Å². The molecule has 1 aliphatic heterocycles. The number of hydrogen-bond donors (Lipinski definition) is 4. The second kappa shape index (κ2) is 12.2. The molecule has 0 bridgehead atoms. The average Bonchev–Trinajstić information content (AvgIpc) is 3.11. The Morgan fingerprint density at radius 3 is 2.67 bits per heavy atom. The molecule has 1 aromatic rings. The second-order valence-corrected chi connectivity index (χ2v) is 7.86. The molecule has 2 heterocycles. The fourth-order valence-corrected chi connectivity index (χ4v) is 3.81. The molecule has 9 heteroatoms. The number of aliphatic carboxylic acids is 1. The van der Waals surface area contributed by atoms with E-state index in [4.69, 9.17) is 10.8 Å². The molecule has 2 unspecified atom stereocenters. The minimum Gasteiger partial charge on any atom is -0.480 e. The summed E-state index contributed by atoms with van der Waals surface area (Å²) >= 11 is 0. The summed E-state index contributed by atoms with van der Waals surface area (Å²) in [5.74, 6) is -1.01. The number of nitrogens with one attached hydrogen (secondary N) is 2. The van der Waals surface area contributed by atoms with Crippen LogP contribution in [-0.2, 0) is 14.4 Å². The van der Waals surface area contributed by atoms with E-state index in [0.717, 1.165) is 18.5 Å². The number of carboxylic acid groups (broad SMARTS) is 1. The summed E-state index contributed by atoms with van der Waals surface area (Å²) in [6.07, 6.45) is 6.58. The van der Waals surface area contributed by atoms with Crippen molar-refractivity contribution in [1.29, 1.82) is 0 Å². The Kier molecular flexibility index (Phi) is 9.69. The fourth-order valence-electron chi connectivity index (χ4n) is 3.81. The number of hydrogen-bond acceptors (Lipinski definition) is 6. The van der Waals surface area contributed by atoms with Crippen LogP contribution >= 0.6 is 0 Å². The fraction of sp³-hybridized carbons (Fsp3) is 0.619. The zero-order chi connectivity index (χ0) is 21.9. The number of unbranched alkanes of at least 4 members (excludes halogenated alkanes) is 1. The van der Waals surface area contributed by atoms with E-state index in [0.29, 0.717) is 38.3 Å². The summed E-state index contributed by atoms with van der Waals surface area (Å²) in [5, 5.41) is 14.4. The predicted molar refractivity (Wildman–Crippen MR) is 112 cm³/mol. The van der Waals surface area contributed by atoms with Crippen LogP contribution < -0.4 is 16.4 Å². The van der Waals surface area contributed by atoms with E-state index in [2.05, 4.69) is 33.6 Å². The zero-order valence-electron chi connectivity index (χ0n) is 17.5. The van der Waals surface area contributed by atoms with Gasteiger partial charge in [0.2, 0.25) is 11.8 Å². The third kappa shape index (κ3) is 7.72. The van der Waals surface area contributed by atoms with E-state index in [1.807, 2.05) is 12.3 Å². The molecule has 3 atom stereocenters. The lowest BCUT2D eigenvalue weighted by atomic mass is 9.94. The van der Waals surface area contributed by atoms with Gasteiger partial charge in [-0.1, -0.05) is 6.07 Å². The van der Waals surface area contributed by atoms with Crippen LogP contribution in [0.1, 0.15) is 50.1 Å². The van der Waals surface area contributed by atoms with E-state index >= 15 is 0 Å². The molecule has 0 saturated carbocycles. The molecule has 166 valence electrons. The Morgan fingerprint density at radius 1 is 1.27 bits per heavy atom. The van der Waals surface area contributed by atoms with Gasteiger partial charge in [-0.3, -0.25) is 24.3 Å². The number of carbonyl (C=O) groups is 3. The van der Waals surface area contributed by atoms with Gasteiger partial charge in [0.05, 0.1) is 0 Å². The highest BCUT2D eigenvalue weighted by Gasteiger charge is 2.33. The molecule has 2 amide bonds. The Labute approximate surface area is 177 Å². The van der Waals surface area contributed by atoms with Crippen LogP contribution in [0, 0.1) is 5.92 Å². The minimum absolute atomic E-state index is 0.128. The van der Waals surface area contributed by atoms with Crippen molar-refractivity contribution < 1.29 is 19.5 Å². The third-order valence-corrected chi connectivity index (χ3v) is 5.52. The summed E-state index contributed by atoms with van der Waals surface area (Å²) in [6.45, 7) is 2.00. The number of nitrogens with zero attached hydrogens (tertiary/aromatic N) is 2. The number of amides is 2. The Hall–Kier alpha value is -2.52. The van der Waals surface area contributed by atoms with Gasteiger partial charge in [-0.25, -0.2) is 0 Å². The van der Waals surface area contributed by atoms with Crippen LogP contribution in [0.5, 0.6) is 0 Å². The molecule has 1 aliphatic rings. The Morgan fingerprint density at radius 2 is 2.00 bits per heavy atom. The maximum Gasteiger partial charge on any atom is 0.320 e. The molecular formula is C21H33N5O4. The molecular weight excluding hydrogens is 386 g/mol. The SMILES string of the molecule is CN1CCC(CNC(=O)CCC(=O)NCCCC[C@H](N)C(=O)O)C1c1cccnc1. The van der Waals surface area contributed by atoms with Gasteiger partial charge in [0, 0.05) is 44.4 Å². The van der Waals surface area contributed by atoms with Crippen molar-refractivity contribution in [2.45, 2.75) is 50.6 Å². The highest BCUT2D eigenvalue weighted by molar-refractivity contribution is 5.83. The molecule has 1 saturated heterocycles. The first-order chi connectivity index (χ1) is 14.4. The van der Waals surface area contributed by atoms with Gasteiger partial charge in [0.1, 0.15) is 6.04 Å². The van der Waals surface area contributed by atoms with E-state index in [1.165, 1.54) is 0 Å². The van der Waals surface area contributed by atoms with Crippen LogP contribution in [0.2, 0.25) is 0 Å². The van der Waals surface area contributed by atoms with Gasteiger partial charge in [0.15, 0.2) is 0 Å². The number of carboxylic acids is 1. The lowest BCUT2D eigenvalue weighted by Crippen LogP contribution is -2.33. The van der Waals surface area contributed by atoms with Gasteiger partial charge >= 0.3 is 5.97 Å². The number of aromatic nitrogens is 1. The maximum absolute atomic E-state index is 12.2. The van der Waals surface area contributed by atoms with Gasteiger partial charge in [-0.2, -0.15) is 0 Å². The first-order valence-electron chi connectivity index (χ1n) is 10.5. The number of nitrogens with two attached hydrogens (primary N) is 1. The van der Waals surface area contributed by atoms with Crippen molar-refractivity contribution in [1.82, 2.24) is 20.5 Å². The standard InChI is InChI=1S/C21H33N5O4/c1-26-12-9-16(20(26)15-5-4-10-23-13-15)14-25-19(28)8-7-18(27)24-11-3-2-6-17(22)21(29)30/h4-5,10,13,16-17,20H,2-3,6-9,11-12,14,22H2,1H3,(H,24,27)(H,25,28)(H,29,30)/t16?,17-,20?/m0/s1. The normalized spacial score (nSPS) is 19.9. The van der Waals surface area contributed by atoms with Gasteiger partial charge in [0.25, 0.3) is 0 Å². The number of pyridine rings is 1. The van der Waals surface area contributed by atoms with Crippen LogP contribution in [0.3, 0.4) is 0 Å². The molecule has 0 aromatic carbocycles. The predicted octanol–water partition coefficient (Wildman–Crippen LogP) is 0.669. The second-order valence-electron chi connectivity index (χ2n) is 7.86.